The van der Waals surface area contributed by atoms with Crippen LogP contribution >= 0.6 is 0 Å². The third kappa shape index (κ3) is 2.07. The molecule has 1 N–H and O–H groups in total. The second kappa shape index (κ2) is 4.22. The van der Waals surface area contributed by atoms with E-state index in [0.717, 1.165) is 12.0 Å². The maximum atomic E-state index is 10.9. The lowest BCUT2D eigenvalue weighted by Crippen LogP contribution is -2.23. The Hall–Kier alpha value is -1.42. The van der Waals surface area contributed by atoms with Crippen molar-refractivity contribution in [3.63, 3.8) is 0 Å². The highest BCUT2D eigenvalue weighted by Crippen LogP contribution is 2.49. The summed E-state index contributed by atoms with van der Waals surface area (Å²) in [6, 6.07) is 4.10. The number of aromatic nitrogens is 1. The summed E-state index contributed by atoms with van der Waals surface area (Å²) in [4.78, 5) is 17.0. The van der Waals surface area contributed by atoms with Crippen molar-refractivity contribution in [2.75, 3.05) is 14.1 Å². The summed E-state index contributed by atoms with van der Waals surface area (Å²) >= 11 is 0. The Labute approximate surface area is 94.9 Å². The van der Waals surface area contributed by atoms with Crippen LogP contribution < -0.4 is 0 Å². The molecule has 2 rings (SSSR count). The number of hydrogen-bond acceptors (Lipinski definition) is 3. The Balaban J connectivity index is 2.17. The van der Waals surface area contributed by atoms with Gasteiger partial charge in [-0.05, 0) is 44.1 Å². The standard InChI is InChI=1S/C12H16N2O2/c1-14(2)11(8-3-5-13-6-4-8)9-7-10(9)12(15)16/h3-6,9-11H,7H2,1-2H3,(H,15,16). The second-order valence-electron chi connectivity index (χ2n) is 4.53. The van der Waals surface area contributed by atoms with Crippen molar-refractivity contribution in [2.24, 2.45) is 11.8 Å². The fraction of sp³-hybridized carbons (Fsp3) is 0.500. The number of aliphatic carboxylic acids is 1. The van der Waals surface area contributed by atoms with Crippen LogP contribution in [0, 0.1) is 11.8 Å². The molecule has 1 aromatic heterocycles. The van der Waals surface area contributed by atoms with Gasteiger partial charge in [0.1, 0.15) is 0 Å². The fourth-order valence-electron chi connectivity index (χ4n) is 2.34. The van der Waals surface area contributed by atoms with Crippen molar-refractivity contribution in [1.82, 2.24) is 9.88 Å². The molecule has 1 aromatic rings. The van der Waals surface area contributed by atoms with Gasteiger partial charge >= 0.3 is 5.97 Å². The minimum absolute atomic E-state index is 0.180. The number of hydrogen-bond donors (Lipinski definition) is 1. The van der Waals surface area contributed by atoms with Crippen LogP contribution in [-0.2, 0) is 4.79 Å². The quantitative estimate of drug-likeness (QED) is 0.833. The molecule has 4 heteroatoms. The predicted molar refractivity (Wildman–Crippen MR) is 59.9 cm³/mol. The Morgan fingerprint density at radius 1 is 1.50 bits per heavy atom. The molecule has 0 saturated heterocycles. The van der Waals surface area contributed by atoms with Crippen molar-refractivity contribution in [3.8, 4) is 0 Å². The number of carboxylic acids is 1. The summed E-state index contributed by atoms with van der Waals surface area (Å²) < 4.78 is 0. The third-order valence-electron chi connectivity index (χ3n) is 3.17. The average molecular weight is 220 g/mol. The first kappa shape index (κ1) is 11.1. The largest absolute Gasteiger partial charge is 0.481 e. The second-order valence-corrected chi connectivity index (χ2v) is 4.53. The van der Waals surface area contributed by atoms with Crippen LogP contribution in [0.25, 0.3) is 0 Å². The lowest BCUT2D eigenvalue weighted by molar-refractivity contribution is -0.139. The van der Waals surface area contributed by atoms with E-state index < -0.39 is 5.97 Å². The molecule has 1 heterocycles. The molecule has 1 fully saturated rings. The summed E-state index contributed by atoms with van der Waals surface area (Å²) in [5.41, 5.74) is 1.15. The van der Waals surface area contributed by atoms with Crippen molar-refractivity contribution in [3.05, 3.63) is 30.1 Å². The third-order valence-corrected chi connectivity index (χ3v) is 3.17. The van der Waals surface area contributed by atoms with E-state index in [0.29, 0.717) is 0 Å². The van der Waals surface area contributed by atoms with Gasteiger partial charge in [-0.25, -0.2) is 0 Å². The van der Waals surface area contributed by atoms with Crippen molar-refractivity contribution in [1.29, 1.82) is 0 Å². The molecular formula is C12H16N2O2. The zero-order valence-corrected chi connectivity index (χ0v) is 9.50. The number of carbonyl (C=O) groups is 1. The van der Waals surface area contributed by atoms with Crippen molar-refractivity contribution in [2.45, 2.75) is 12.5 Å². The number of nitrogens with zero attached hydrogens (tertiary/aromatic N) is 2. The van der Waals surface area contributed by atoms with Crippen molar-refractivity contribution >= 4 is 5.97 Å². The molecule has 0 radical (unpaired) electrons. The summed E-state index contributed by atoms with van der Waals surface area (Å²) in [7, 11) is 3.98. The van der Waals surface area contributed by atoms with Crippen LogP contribution in [0.3, 0.4) is 0 Å². The molecule has 1 aliphatic carbocycles. The molecule has 86 valence electrons. The zero-order chi connectivity index (χ0) is 11.7. The predicted octanol–water partition coefficient (Wildman–Crippen LogP) is 1.41. The van der Waals surface area contributed by atoms with Gasteiger partial charge in [-0.3, -0.25) is 9.78 Å². The lowest BCUT2D eigenvalue weighted by atomic mass is 10.0. The van der Waals surface area contributed by atoms with Crippen LogP contribution in [0.5, 0.6) is 0 Å². The minimum Gasteiger partial charge on any atom is -0.481 e. The molecule has 3 unspecified atom stereocenters. The SMILES string of the molecule is CN(C)C(c1ccncc1)C1CC1C(=O)O. The van der Waals surface area contributed by atoms with Gasteiger partial charge in [0.05, 0.1) is 5.92 Å². The summed E-state index contributed by atoms with van der Waals surface area (Å²) in [5.74, 6) is -0.624. The van der Waals surface area contributed by atoms with Crippen molar-refractivity contribution < 1.29 is 9.90 Å². The van der Waals surface area contributed by atoms with Gasteiger partial charge in [0.15, 0.2) is 0 Å². The first-order chi connectivity index (χ1) is 7.61. The van der Waals surface area contributed by atoms with Crippen LogP contribution in [0.4, 0.5) is 0 Å². The van der Waals surface area contributed by atoms with E-state index in [2.05, 4.69) is 9.88 Å². The highest BCUT2D eigenvalue weighted by atomic mass is 16.4. The topological polar surface area (TPSA) is 53.4 Å². The molecular weight excluding hydrogens is 204 g/mol. The maximum Gasteiger partial charge on any atom is 0.306 e. The van der Waals surface area contributed by atoms with E-state index in [1.54, 1.807) is 12.4 Å². The molecule has 0 spiro atoms. The molecule has 4 nitrogen and oxygen atoms in total. The van der Waals surface area contributed by atoms with Crippen LogP contribution in [0.1, 0.15) is 18.0 Å². The molecule has 1 aliphatic rings. The summed E-state index contributed by atoms with van der Waals surface area (Å²) in [6.07, 6.45) is 4.29. The average Bonchev–Trinajstić information content (AvgIpc) is 2.99. The van der Waals surface area contributed by atoms with Crippen LogP contribution in [0.15, 0.2) is 24.5 Å². The highest BCUT2D eigenvalue weighted by Gasteiger charge is 2.49. The van der Waals surface area contributed by atoms with Gasteiger partial charge in [-0.15, -0.1) is 0 Å². The van der Waals surface area contributed by atoms with Gasteiger partial charge in [-0.1, -0.05) is 0 Å². The normalized spacial score (nSPS) is 25.4. The molecule has 0 aromatic carbocycles. The minimum atomic E-state index is -0.675. The molecule has 0 amide bonds. The monoisotopic (exact) mass is 220 g/mol. The van der Waals surface area contributed by atoms with E-state index in [-0.39, 0.29) is 17.9 Å². The smallest absolute Gasteiger partial charge is 0.306 e. The maximum absolute atomic E-state index is 10.9. The molecule has 3 atom stereocenters. The van der Waals surface area contributed by atoms with E-state index in [9.17, 15) is 4.79 Å². The van der Waals surface area contributed by atoms with Crippen LogP contribution in [0.2, 0.25) is 0 Å². The lowest BCUT2D eigenvalue weighted by Gasteiger charge is -2.24. The molecule has 16 heavy (non-hydrogen) atoms. The van der Waals surface area contributed by atoms with E-state index in [1.165, 1.54) is 0 Å². The fourth-order valence-corrected chi connectivity index (χ4v) is 2.34. The highest BCUT2D eigenvalue weighted by molar-refractivity contribution is 5.73. The van der Waals surface area contributed by atoms with Gasteiger partial charge < -0.3 is 10.0 Å². The van der Waals surface area contributed by atoms with Gasteiger partial charge in [0.25, 0.3) is 0 Å². The Morgan fingerprint density at radius 3 is 2.56 bits per heavy atom. The number of rotatable bonds is 4. The Morgan fingerprint density at radius 2 is 2.12 bits per heavy atom. The summed E-state index contributed by atoms with van der Waals surface area (Å²) in [5, 5.41) is 8.97. The van der Waals surface area contributed by atoms with Gasteiger partial charge in [0, 0.05) is 18.4 Å². The molecule has 0 bridgehead atoms. The number of carboxylic acid groups (broad SMARTS) is 1. The first-order valence-corrected chi connectivity index (χ1v) is 5.40. The van der Waals surface area contributed by atoms with E-state index >= 15 is 0 Å². The summed E-state index contributed by atoms with van der Waals surface area (Å²) in [6.45, 7) is 0. The number of pyridine rings is 1. The molecule has 1 saturated carbocycles. The van der Waals surface area contributed by atoms with Gasteiger partial charge in [-0.2, -0.15) is 0 Å². The first-order valence-electron chi connectivity index (χ1n) is 5.40. The van der Waals surface area contributed by atoms with E-state index in [4.69, 9.17) is 5.11 Å². The Kier molecular flexibility index (Phi) is 2.92. The molecule has 0 aliphatic heterocycles. The van der Waals surface area contributed by atoms with Crippen LogP contribution in [-0.4, -0.2) is 35.1 Å². The Bertz CT molecular complexity index is 378. The van der Waals surface area contributed by atoms with E-state index in [1.807, 2.05) is 26.2 Å². The zero-order valence-electron chi connectivity index (χ0n) is 9.50. The van der Waals surface area contributed by atoms with Gasteiger partial charge in [0.2, 0.25) is 0 Å².